The Balaban J connectivity index is 0.000000554. The van der Waals surface area contributed by atoms with Crippen LogP contribution in [0.1, 0.15) is 449 Å². The topological polar surface area (TPSA) is 206 Å². The third kappa shape index (κ3) is 58.2. The van der Waals surface area contributed by atoms with Crippen LogP contribution in [0.4, 0.5) is 5.69 Å². The fourth-order valence-electron chi connectivity index (χ4n) is 19.7. The number of para-hydroxylation sites is 1. The van der Waals surface area contributed by atoms with E-state index in [1.165, 1.54) is 345 Å². The van der Waals surface area contributed by atoms with Crippen LogP contribution in [0.3, 0.4) is 0 Å². The van der Waals surface area contributed by atoms with Crippen LogP contribution < -0.4 is 0 Å². The fraction of sp³-hybridized carbons (Fsp3) is 0.620. The Bertz CT molecular complexity index is 4110. The van der Waals surface area contributed by atoms with Gasteiger partial charge in [0, 0.05) is 112 Å². The van der Waals surface area contributed by atoms with Crippen molar-refractivity contribution in [1.29, 1.82) is 0 Å². The molecule has 6 aromatic rings. The summed E-state index contributed by atoms with van der Waals surface area (Å²) in [5.74, 6) is 4.10. The summed E-state index contributed by atoms with van der Waals surface area (Å²) in [6.07, 6.45) is 80.1. The SMILES string of the molecule is CN=Cc1c(-c2ccccc2)ccc(C2CCCCCCCCCCC2)c1O.CN=Cc1c(C)ccc(C2CCCCCCCCCCC2)c1O.CN=Cc1cc(C)cc(C2CCCCCCCCCCC2)c1O.CN=Cc1cc([N+](=O)[O-])cc(C2CCCCCCCCCCC2)c1O.CN=Cc1cccc(C2CCCCCCCCCCC2)c1O.[Cl][Zr][Cl].[Cl][Zr][Cl].[Cl][Zr][Cl].[Cl][Zr][Cl].[Cl][Zr][Cl]. The Morgan fingerprint density at radius 3 is 0.838 bits per heavy atom. The standard InChI is InChI=1S/C26H35NO.2C21H33NO.C20H30N2O3.C20H31NO.10ClH.5Zr/c1-27-20-25-23(21-14-12-9-13-15-21)18-19-24(26(25)28)22-16-10-7-5-3-2-4-6-8-11-17-22;1-17-14-19(16-22-2)21(23)20(15-17)18-12-10-8-6-4-3-5-7-9-11-13-18;1-17-14-15-19(21(23)20(17)16-22-2)18-12-10-8-6-4-3-5-7-9-11-13-18;1-21-15-17-13-18(22(24)25)14-19(20(17)23)16-11-9-7-5-3-2-4-6-8-10-12-16;1-21-16-18-14-11-15-19(20(18)22)17-12-9-7-5-3-2-4-6-8-10-13-17;;;;;;;;;;;;;;;/h9,12-15,18-20,22,28H,2-8,10-11,16-17H2,1H3;2*14-16,18,23H,3-13H2,1-2H3;13-16,23H,2-12H2,1H3;11,14-17,22H,2-10,12-13H2,1H3;10*1H;;;;;/q;;;;;;;;;;;;;;;5*+2/p-10. The van der Waals surface area contributed by atoms with E-state index in [1.807, 2.05) is 43.5 Å². The van der Waals surface area contributed by atoms with E-state index >= 15 is 0 Å². The van der Waals surface area contributed by atoms with E-state index in [2.05, 4.69) is 86.5 Å². The molecule has 5 fully saturated rings. The maximum atomic E-state index is 11.3. The van der Waals surface area contributed by atoms with Crippen molar-refractivity contribution in [1.82, 2.24) is 0 Å². The van der Waals surface area contributed by atoms with Gasteiger partial charge in [-0.15, -0.1) is 0 Å². The molecule has 0 bridgehead atoms. The molecule has 136 heavy (non-hydrogen) atoms. The van der Waals surface area contributed by atoms with E-state index in [-0.39, 0.29) is 22.3 Å². The van der Waals surface area contributed by atoms with Crippen LogP contribution in [0.15, 0.2) is 122 Å². The Labute approximate surface area is 915 Å². The van der Waals surface area contributed by atoms with Gasteiger partial charge in [0.25, 0.3) is 5.69 Å². The molecule has 0 radical (unpaired) electrons. The number of halogens is 10. The molecular weight excluding hydrogens is 2300 g/mol. The summed E-state index contributed by atoms with van der Waals surface area (Å²) >= 11 is -4.13. The zero-order valence-electron chi connectivity index (χ0n) is 82.9. The normalized spacial score (nSPS) is 17.4. The number of nitro benzene ring substituents is 1. The number of hydrogen-bond acceptors (Lipinski definition) is 12. The molecule has 0 unspecified atom stereocenters. The zero-order chi connectivity index (χ0) is 99.8. The van der Waals surface area contributed by atoms with Crippen LogP contribution in [-0.4, -0.2) is 96.8 Å². The van der Waals surface area contributed by atoms with E-state index in [9.17, 15) is 35.6 Å². The molecule has 5 aliphatic carbocycles. The monoisotopic (exact) mass is 2450 g/mol. The average molecular weight is 2470 g/mol. The molecule has 5 saturated carbocycles. The van der Waals surface area contributed by atoms with Gasteiger partial charge in [-0.25, -0.2) is 0 Å². The molecular formula is C108H162Cl10N6O7Zr5. The minimum absolute atomic E-state index is 0.0359. The van der Waals surface area contributed by atoms with Crippen molar-refractivity contribution in [3.8, 4) is 39.9 Å². The van der Waals surface area contributed by atoms with Gasteiger partial charge in [-0.2, -0.15) is 0 Å². The zero-order valence-corrected chi connectivity index (χ0v) is 103. The van der Waals surface area contributed by atoms with E-state index < -0.39 is 104 Å². The molecule has 6 aromatic carbocycles. The van der Waals surface area contributed by atoms with Gasteiger partial charge in [0.15, 0.2) is 0 Å². The Morgan fingerprint density at radius 1 is 0.279 bits per heavy atom. The van der Waals surface area contributed by atoms with Crippen LogP contribution in [0, 0.1) is 24.0 Å². The predicted molar refractivity (Wildman–Crippen MR) is 576 cm³/mol. The third-order valence-electron chi connectivity index (χ3n) is 26.6. The first-order chi connectivity index (χ1) is 66.3. The van der Waals surface area contributed by atoms with Gasteiger partial charge in [-0.1, -0.05) is 362 Å². The van der Waals surface area contributed by atoms with Crippen LogP contribution in [0.25, 0.3) is 11.1 Å². The Morgan fingerprint density at radius 2 is 0.529 bits per heavy atom. The van der Waals surface area contributed by atoms with Crippen molar-refractivity contribution in [2.45, 2.75) is 397 Å². The van der Waals surface area contributed by atoms with Crippen molar-refractivity contribution in [2.75, 3.05) is 35.2 Å². The summed E-state index contributed by atoms with van der Waals surface area (Å²) in [6, 6.07) is 32.2. The van der Waals surface area contributed by atoms with E-state index in [1.54, 1.807) is 59.9 Å². The first-order valence-electron chi connectivity index (χ1n) is 50.6. The van der Waals surface area contributed by atoms with Crippen molar-refractivity contribution in [3.05, 3.63) is 174 Å². The molecule has 5 aliphatic rings. The van der Waals surface area contributed by atoms with Crippen LogP contribution in [0.2, 0.25) is 0 Å². The quantitative estimate of drug-likeness (QED) is 0.0455. The summed E-state index contributed by atoms with van der Waals surface area (Å²) in [5, 5.41) is 65.2. The first kappa shape index (κ1) is 131. The second-order valence-corrected chi connectivity index (χ2v) is 55.1. The molecule has 28 heteroatoms. The molecule has 0 amide bonds. The summed E-state index contributed by atoms with van der Waals surface area (Å²) in [7, 11) is 58.0. The summed E-state index contributed by atoms with van der Waals surface area (Å²) in [5.41, 5.74) is 13.7. The minimum atomic E-state index is -0.826. The second kappa shape index (κ2) is 89.6. The average Bonchev–Trinajstić information content (AvgIpc) is 0.795. The number of phenolic OH excluding ortho intramolecular Hbond substituents is 5. The van der Waals surface area contributed by atoms with Crippen LogP contribution in [-0.2, 0) is 104 Å². The van der Waals surface area contributed by atoms with E-state index in [0.29, 0.717) is 52.2 Å². The number of aryl methyl sites for hydroxylation is 2. The third-order valence-corrected chi connectivity index (χ3v) is 26.6. The van der Waals surface area contributed by atoms with Crippen molar-refractivity contribution in [3.63, 3.8) is 0 Å². The van der Waals surface area contributed by atoms with Crippen molar-refractivity contribution in [2.24, 2.45) is 25.0 Å². The number of phenols is 5. The molecule has 0 saturated heterocycles. The molecule has 0 atom stereocenters. The molecule has 13 nitrogen and oxygen atoms in total. The Hall–Kier alpha value is -0.614. The van der Waals surface area contributed by atoms with Gasteiger partial charge in [0.05, 0.1) is 4.92 Å². The molecule has 0 aromatic heterocycles. The molecule has 5 N–H and O–H groups in total. The van der Waals surface area contributed by atoms with Crippen LogP contribution >= 0.6 is 85.1 Å². The summed E-state index contributed by atoms with van der Waals surface area (Å²) in [4.78, 5) is 31.3. The van der Waals surface area contributed by atoms with Gasteiger partial charge < -0.3 is 25.5 Å². The second-order valence-electron chi connectivity index (χ2n) is 36.4. The molecule has 0 aliphatic heterocycles. The molecule has 0 heterocycles. The number of hydrogen-bond donors (Lipinski definition) is 5. The van der Waals surface area contributed by atoms with Gasteiger partial charge in [0.1, 0.15) is 28.7 Å². The Kier molecular flexibility index (Phi) is 86.6. The van der Waals surface area contributed by atoms with Crippen molar-refractivity contribution < 1.29 is 135 Å². The van der Waals surface area contributed by atoms with Crippen molar-refractivity contribution >= 4 is 122 Å². The van der Waals surface area contributed by atoms with Crippen LogP contribution in [0.5, 0.6) is 28.7 Å². The molecule has 756 valence electrons. The maximum absolute atomic E-state index is 11.3. The van der Waals surface area contributed by atoms with E-state index in [4.69, 9.17) is 85.1 Å². The number of aliphatic imine (C=N–C) groups is 5. The number of nitro groups is 1. The summed E-state index contributed by atoms with van der Waals surface area (Å²) < 4.78 is 0. The van der Waals surface area contributed by atoms with Gasteiger partial charge in [-0.3, -0.25) is 35.1 Å². The predicted octanol–water partition coefficient (Wildman–Crippen LogP) is 38.2. The number of aromatic hydroxyl groups is 5. The van der Waals surface area contributed by atoms with Gasteiger partial charge >= 0.3 is 189 Å². The number of rotatable bonds is 12. The first-order valence-corrected chi connectivity index (χ1v) is 82.3. The number of benzene rings is 6. The van der Waals surface area contributed by atoms with Gasteiger partial charge in [0.2, 0.25) is 0 Å². The molecule has 11 rings (SSSR count). The van der Waals surface area contributed by atoms with E-state index in [0.717, 1.165) is 92.4 Å². The summed E-state index contributed by atoms with van der Waals surface area (Å²) in [6.45, 7) is 4.16. The number of non-ortho nitro benzene ring substituents is 1. The molecule has 0 spiro atoms. The fourth-order valence-corrected chi connectivity index (χ4v) is 19.7. The van der Waals surface area contributed by atoms with Gasteiger partial charge in [-0.05, 0) is 164 Å². The number of nitrogens with zero attached hydrogens (tertiary/aromatic N) is 6.